The van der Waals surface area contributed by atoms with Gasteiger partial charge in [-0.05, 0) is 31.1 Å². The second-order valence-electron chi connectivity index (χ2n) is 5.07. The number of hydrogen-bond donors (Lipinski definition) is 0. The molecule has 0 rings (SSSR count). The van der Waals surface area contributed by atoms with Crippen molar-refractivity contribution in [2.45, 2.75) is 66.2 Å². The van der Waals surface area contributed by atoms with Crippen LogP contribution in [0.3, 0.4) is 0 Å². The maximum Gasteiger partial charge on any atom is -0.0351 e. The summed E-state index contributed by atoms with van der Waals surface area (Å²) in [6.07, 6.45) is 12.6. The van der Waals surface area contributed by atoms with Crippen molar-refractivity contribution < 1.29 is 0 Å². The SMILES string of the molecule is CCCC/C=C\CCCC(C)(C)C. The van der Waals surface area contributed by atoms with Crippen LogP contribution in [0, 0.1) is 5.41 Å². The Morgan fingerprint density at radius 2 is 1.46 bits per heavy atom. The van der Waals surface area contributed by atoms with E-state index in [1.54, 1.807) is 0 Å². The van der Waals surface area contributed by atoms with Crippen LogP contribution < -0.4 is 0 Å². The molecule has 78 valence electrons. The van der Waals surface area contributed by atoms with E-state index in [1.165, 1.54) is 38.5 Å². The Kier molecular flexibility index (Phi) is 7.03. The fraction of sp³-hybridized carbons (Fsp3) is 0.846. The number of allylic oxidation sites excluding steroid dienone is 2. The molecule has 0 heteroatoms. The molecule has 0 aromatic carbocycles. The van der Waals surface area contributed by atoms with Gasteiger partial charge in [0, 0.05) is 0 Å². The molecule has 0 aliphatic heterocycles. The molecular weight excluding hydrogens is 156 g/mol. The van der Waals surface area contributed by atoms with Crippen molar-refractivity contribution in [3.05, 3.63) is 12.2 Å². The number of rotatable bonds is 6. The monoisotopic (exact) mass is 182 g/mol. The molecule has 0 aromatic rings. The van der Waals surface area contributed by atoms with Gasteiger partial charge < -0.3 is 0 Å². The molecule has 0 nitrogen and oxygen atoms in total. The minimum absolute atomic E-state index is 0.511. The second-order valence-corrected chi connectivity index (χ2v) is 5.07. The zero-order valence-corrected chi connectivity index (χ0v) is 9.90. The standard InChI is InChI=1S/C13H26/c1-5-6-7-8-9-10-11-12-13(2,3)4/h8-9H,5-7,10-12H2,1-4H3/b9-8-. The van der Waals surface area contributed by atoms with Gasteiger partial charge in [0.25, 0.3) is 0 Å². The number of unbranched alkanes of at least 4 members (excludes halogenated alkanes) is 3. The summed E-state index contributed by atoms with van der Waals surface area (Å²) in [6.45, 7) is 9.18. The van der Waals surface area contributed by atoms with Gasteiger partial charge in [0.05, 0.1) is 0 Å². The van der Waals surface area contributed by atoms with Gasteiger partial charge in [0.15, 0.2) is 0 Å². The van der Waals surface area contributed by atoms with Gasteiger partial charge in [-0.25, -0.2) is 0 Å². The predicted octanol–water partition coefficient (Wildman–Crippen LogP) is 4.95. The highest BCUT2D eigenvalue weighted by Crippen LogP contribution is 2.21. The molecule has 0 spiro atoms. The lowest BCUT2D eigenvalue weighted by molar-refractivity contribution is 0.367. The van der Waals surface area contributed by atoms with Crippen LogP contribution in [0.4, 0.5) is 0 Å². The summed E-state index contributed by atoms with van der Waals surface area (Å²) in [5.74, 6) is 0. The molecule has 0 fully saturated rings. The number of hydrogen-bond acceptors (Lipinski definition) is 0. The summed E-state index contributed by atoms with van der Waals surface area (Å²) in [6, 6.07) is 0. The molecule has 0 aromatic heterocycles. The first-order valence-electron chi connectivity index (χ1n) is 5.71. The molecule has 0 saturated carbocycles. The minimum Gasteiger partial charge on any atom is -0.0885 e. The Morgan fingerprint density at radius 3 is 1.92 bits per heavy atom. The van der Waals surface area contributed by atoms with E-state index in [4.69, 9.17) is 0 Å². The highest BCUT2D eigenvalue weighted by atomic mass is 14.1. The molecule has 0 bridgehead atoms. The Labute approximate surface area is 84.4 Å². The van der Waals surface area contributed by atoms with Crippen molar-refractivity contribution >= 4 is 0 Å². The van der Waals surface area contributed by atoms with Crippen molar-refractivity contribution in [1.29, 1.82) is 0 Å². The Hall–Kier alpha value is -0.260. The molecule has 0 radical (unpaired) electrons. The summed E-state index contributed by atoms with van der Waals surface area (Å²) in [5.41, 5.74) is 0.511. The van der Waals surface area contributed by atoms with Crippen LogP contribution in [-0.2, 0) is 0 Å². The molecule has 0 heterocycles. The van der Waals surface area contributed by atoms with E-state index in [1.807, 2.05) is 0 Å². The molecule has 0 aliphatic rings. The van der Waals surface area contributed by atoms with Gasteiger partial charge in [-0.3, -0.25) is 0 Å². The zero-order chi connectivity index (χ0) is 10.2. The topological polar surface area (TPSA) is 0 Å². The molecule has 0 atom stereocenters. The van der Waals surface area contributed by atoms with Gasteiger partial charge in [0.2, 0.25) is 0 Å². The third kappa shape index (κ3) is 11.7. The van der Waals surface area contributed by atoms with Gasteiger partial charge in [-0.15, -0.1) is 0 Å². The summed E-state index contributed by atoms with van der Waals surface area (Å²) in [4.78, 5) is 0. The van der Waals surface area contributed by atoms with Crippen molar-refractivity contribution in [1.82, 2.24) is 0 Å². The zero-order valence-electron chi connectivity index (χ0n) is 9.90. The molecule has 0 aliphatic carbocycles. The van der Waals surface area contributed by atoms with Crippen molar-refractivity contribution in [3.8, 4) is 0 Å². The van der Waals surface area contributed by atoms with E-state index >= 15 is 0 Å². The summed E-state index contributed by atoms with van der Waals surface area (Å²) in [5, 5.41) is 0. The highest BCUT2D eigenvalue weighted by molar-refractivity contribution is 4.81. The van der Waals surface area contributed by atoms with E-state index in [-0.39, 0.29) is 0 Å². The van der Waals surface area contributed by atoms with Gasteiger partial charge in [-0.1, -0.05) is 52.7 Å². The minimum atomic E-state index is 0.511. The van der Waals surface area contributed by atoms with Gasteiger partial charge in [-0.2, -0.15) is 0 Å². The lowest BCUT2D eigenvalue weighted by atomic mass is 9.90. The van der Waals surface area contributed by atoms with E-state index in [0.29, 0.717) is 5.41 Å². The molecular formula is C13H26. The maximum absolute atomic E-state index is 2.35. The Morgan fingerprint density at radius 1 is 0.923 bits per heavy atom. The molecule has 0 amide bonds. The van der Waals surface area contributed by atoms with Crippen LogP contribution >= 0.6 is 0 Å². The first-order chi connectivity index (χ1) is 6.06. The lowest BCUT2D eigenvalue weighted by Crippen LogP contribution is -2.03. The van der Waals surface area contributed by atoms with E-state index in [9.17, 15) is 0 Å². The predicted molar refractivity (Wildman–Crippen MR) is 62.0 cm³/mol. The van der Waals surface area contributed by atoms with Crippen LogP contribution in [0.15, 0.2) is 12.2 Å². The summed E-state index contributed by atoms with van der Waals surface area (Å²) >= 11 is 0. The molecule has 0 N–H and O–H groups in total. The summed E-state index contributed by atoms with van der Waals surface area (Å²) < 4.78 is 0. The van der Waals surface area contributed by atoms with Gasteiger partial charge in [0.1, 0.15) is 0 Å². The Balaban J connectivity index is 3.20. The second kappa shape index (κ2) is 7.17. The summed E-state index contributed by atoms with van der Waals surface area (Å²) in [7, 11) is 0. The first-order valence-corrected chi connectivity index (χ1v) is 5.71. The fourth-order valence-corrected chi connectivity index (χ4v) is 1.31. The molecule has 0 unspecified atom stereocenters. The molecule has 0 saturated heterocycles. The van der Waals surface area contributed by atoms with Crippen LogP contribution in [0.25, 0.3) is 0 Å². The third-order valence-electron chi connectivity index (χ3n) is 2.19. The van der Waals surface area contributed by atoms with Crippen molar-refractivity contribution in [3.63, 3.8) is 0 Å². The first kappa shape index (κ1) is 12.7. The average Bonchev–Trinajstić information content (AvgIpc) is 2.01. The fourth-order valence-electron chi connectivity index (χ4n) is 1.31. The van der Waals surface area contributed by atoms with Crippen LogP contribution in [0.1, 0.15) is 66.2 Å². The quantitative estimate of drug-likeness (QED) is 0.403. The van der Waals surface area contributed by atoms with Crippen LogP contribution in [0.5, 0.6) is 0 Å². The van der Waals surface area contributed by atoms with Crippen molar-refractivity contribution in [2.75, 3.05) is 0 Å². The van der Waals surface area contributed by atoms with Crippen molar-refractivity contribution in [2.24, 2.45) is 5.41 Å². The van der Waals surface area contributed by atoms with E-state index in [0.717, 1.165) is 0 Å². The normalized spacial score (nSPS) is 12.6. The highest BCUT2D eigenvalue weighted by Gasteiger charge is 2.07. The largest absolute Gasteiger partial charge is 0.0885 e. The van der Waals surface area contributed by atoms with Crippen LogP contribution in [0.2, 0.25) is 0 Å². The van der Waals surface area contributed by atoms with Crippen LogP contribution in [-0.4, -0.2) is 0 Å². The van der Waals surface area contributed by atoms with E-state index < -0.39 is 0 Å². The Bertz CT molecular complexity index is 125. The van der Waals surface area contributed by atoms with E-state index in [2.05, 4.69) is 39.8 Å². The van der Waals surface area contributed by atoms with Gasteiger partial charge >= 0.3 is 0 Å². The average molecular weight is 182 g/mol. The third-order valence-corrected chi connectivity index (χ3v) is 2.19. The lowest BCUT2D eigenvalue weighted by Gasteiger charge is -2.16. The smallest absolute Gasteiger partial charge is 0.0351 e. The maximum atomic E-state index is 2.35. The molecule has 13 heavy (non-hydrogen) atoms.